The number of nitro groups is 2. The van der Waals surface area contributed by atoms with E-state index in [2.05, 4.69) is 36.9 Å². The van der Waals surface area contributed by atoms with Gasteiger partial charge in [-0.2, -0.15) is 0 Å². The second-order valence-electron chi connectivity index (χ2n) is 6.17. The molecule has 0 N–H and O–H groups in total. The summed E-state index contributed by atoms with van der Waals surface area (Å²) in [6.07, 6.45) is 1.58. The van der Waals surface area contributed by atoms with E-state index in [-0.39, 0.29) is 11.5 Å². The van der Waals surface area contributed by atoms with E-state index in [1.54, 1.807) is 18.3 Å². The molecule has 8 nitrogen and oxygen atoms in total. The zero-order valence-electron chi connectivity index (χ0n) is 15.4. The van der Waals surface area contributed by atoms with E-state index < -0.39 is 21.2 Å². The zero-order chi connectivity index (χ0) is 21.8. The van der Waals surface area contributed by atoms with Crippen molar-refractivity contribution in [2.45, 2.75) is 6.92 Å². The third-order valence-electron chi connectivity index (χ3n) is 3.99. The minimum atomic E-state index is -0.727. The summed E-state index contributed by atoms with van der Waals surface area (Å²) in [4.78, 5) is 25.3. The third kappa shape index (κ3) is 5.08. The molecule has 0 bridgehead atoms. The molecule has 30 heavy (non-hydrogen) atoms. The number of nitrogens with zero attached hydrogens (tertiary/aromatic N) is 3. The van der Waals surface area contributed by atoms with Crippen molar-refractivity contribution in [3.05, 3.63) is 94.9 Å². The number of benzene rings is 3. The van der Waals surface area contributed by atoms with Gasteiger partial charge in [0.15, 0.2) is 5.75 Å². The molecule has 0 aliphatic heterocycles. The number of ether oxygens (including phenoxy) is 1. The molecule has 0 unspecified atom stereocenters. The van der Waals surface area contributed by atoms with Crippen molar-refractivity contribution in [2.24, 2.45) is 4.99 Å². The smallest absolute Gasteiger partial charge is 0.318 e. The molecule has 0 amide bonds. The van der Waals surface area contributed by atoms with Crippen molar-refractivity contribution < 1.29 is 14.6 Å². The summed E-state index contributed by atoms with van der Waals surface area (Å²) in [5.74, 6) is 0.157. The Hall–Kier alpha value is -3.11. The predicted octanol–water partition coefficient (Wildman–Crippen LogP) is 6.88. The molecule has 0 fully saturated rings. The van der Waals surface area contributed by atoms with Crippen molar-refractivity contribution >= 4 is 55.1 Å². The summed E-state index contributed by atoms with van der Waals surface area (Å²) < 4.78 is 7.07. The quantitative estimate of drug-likeness (QED) is 0.194. The van der Waals surface area contributed by atoms with Gasteiger partial charge in [0.05, 0.1) is 26.1 Å². The van der Waals surface area contributed by atoms with Crippen molar-refractivity contribution in [1.82, 2.24) is 0 Å². The predicted molar refractivity (Wildman–Crippen MR) is 120 cm³/mol. The lowest BCUT2D eigenvalue weighted by atomic mass is 10.2. The number of non-ortho nitro benzene ring substituents is 1. The van der Waals surface area contributed by atoms with Crippen LogP contribution in [0, 0.1) is 27.2 Å². The van der Waals surface area contributed by atoms with E-state index in [0.29, 0.717) is 10.0 Å². The summed E-state index contributed by atoms with van der Waals surface area (Å²) in [5, 5.41) is 22.4. The van der Waals surface area contributed by atoms with Gasteiger partial charge >= 0.3 is 5.69 Å². The number of aryl methyl sites for hydroxylation is 1. The summed E-state index contributed by atoms with van der Waals surface area (Å²) in [5.41, 5.74) is 1.47. The van der Waals surface area contributed by atoms with Gasteiger partial charge in [-0.3, -0.25) is 25.2 Å². The Morgan fingerprint density at radius 2 is 1.67 bits per heavy atom. The van der Waals surface area contributed by atoms with Gasteiger partial charge in [0.2, 0.25) is 5.75 Å². The molecule has 152 valence electrons. The number of rotatable bonds is 6. The fourth-order valence-electron chi connectivity index (χ4n) is 2.52. The minimum absolute atomic E-state index is 0.126. The van der Waals surface area contributed by atoms with Crippen LogP contribution in [0.5, 0.6) is 11.5 Å². The molecule has 3 aromatic carbocycles. The van der Waals surface area contributed by atoms with Crippen molar-refractivity contribution in [3.8, 4) is 11.5 Å². The first-order valence-electron chi connectivity index (χ1n) is 8.45. The fraction of sp³-hybridized carbons (Fsp3) is 0.0500. The van der Waals surface area contributed by atoms with E-state index >= 15 is 0 Å². The molecular formula is C20H13Br2N3O5. The second-order valence-corrected chi connectivity index (χ2v) is 7.94. The molecule has 0 heterocycles. The summed E-state index contributed by atoms with van der Waals surface area (Å²) in [6, 6.07) is 14.3. The Balaban J connectivity index is 2.03. The summed E-state index contributed by atoms with van der Waals surface area (Å²) in [6.45, 7) is 1.97. The third-order valence-corrected chi connectivity index (χ3v) is 5.03. The van der Waals surface area contributed by atoms with Gasteiger partial charge in [0.1, 0.15) is 0 Å². The first kappa shape index (κ1) is 21.6. The molecule has 0 spiro atoms. The van der Waals surface area contributed by atoms with Crippen LogP contribution in [-0.2, 0) is 0 Å². The van der Waals surface area contributed by atoms with Crippen LogP contribution in [0.25, 0.3) is 0 Å². The molecule has 0 aromatic heterocycles. The number of hydrogen-bond acceptors (Lipinski definition) is 6. The molecule has 3 aromatic rings. The molecule has 0 saturated heterocycles. The van der Waals surface area contributed by atoms with E-state index in [4.69, 9.17) is 4.74 Å². The van der Waals surface area contributed by atoms with E-state index in [1.165, 1.54) is 6.07 Å². The van der Waals surface area contributed by atoms with Crippen LogP contribution in [0.4, 0.5) is 17.1 Å². The Bertz CT molecular complexity index is 1160. The van der Waals surface area contributed by atoms with E-state index in [0.717, 1.165) is 27.9 Å². The minimum Gasteiger partial charge on any atom is -0.448 e. The number of halogens is 2. The Kier molecular flexibility index (Phi) is 6.58. The normalized spacial score (nSPS) is 10.9. The topological polar surface area (TPSA) is 108 Å². The molecule has 0 atom stereocenters. The van der Waals surface area contributed by atoms with E-state index in [1.807, 2.05) is 31.2 Å². The lowest BCUT2D eigenvalue weighted by Gasteiger charge is -2.12. The van der Waals surface area contributed by atoms with Crippen molar-refractivity contribution in [2.75, 3.05) is 0 Å². The largest absolute Gasteiger partial charge is 0.448 e. The van der Waals surface area contributed by atoms with Crippen LogP contribution in [0.15, 0.2) is 68.5 Å². The molecule has 10 heteroatoms. The molecule has 0 radical (unpaired) electrons. The lowest BCUT2D eigenvalue weighted by molar-refractivity contribution is -0.394. The molecule has 0 aliphatic rings. The summed E-state index contributed by atoms with van der Waals surface area (Å²) in [7, 11) is 0. The van der Waals surface area contributed by atoms with Gasteiger partial charge in [-0.05, 0) is 53.2 Å². The first-order valence-corrected chi connectivity index (χ1v) is 10.0. The van der Waals surface area contributed by atoms with Gasteiger partial charge in [0, 0.05) is 22.3 Å². The average molecular weight is 535 g/mol. The Morgan fingerprint density at radius 3 is 2.30 bits per heavy atom. The number of hydrogen-bond donors (Lipinski definition) is 0. The average Bonchev–Trinajstić information content (AvgIpc) is 2.69. The van der Waals surface area contributed by atoms with Crippen LogP contribution in [-0.4, -0.2) is 16.1 Å². The maximum absolute atomic E-state index is 11.4. The zero-order valence-corrected chi connectivity index (χ0v) is 18.6. The van der Waals surface area contributed by atoms with Crippen LogP contribution in [0.1, 0.15) is 11.1 Å². The molecule has 0 aliphatic carbocycles. The summed E-state index contributed by atoms with van der Waals surface area (Å²) >= 11 is 6.80. The highest BCUT2D eigenvalue weighted by molar-refractivity contribution is 9.11. The van der Waals surface area contributed by atoms with Gasteiger partial charge in [-0.25, -0.2) is 0 Å². The highest BCUT2D eigenvalue weighted by atomic mass is 79.9. The van der Waals surface area contributed by atoms with Gasteiger partial charge in [0.25, 0.3) is 5.69 Å². The van der Waals surface area contributed by atoms with Crippen molar-refractivity contribution in [1.29, 1.82) is 0 Å². The van der Waals surface area contributed by atoms with Crippen molar-refractivity contribution in [3.63, 3.8) is 0 Å². The Labute approximate surface area is 187 Å². The molecule has 3 rings (SSSR count). The number of aliphatic imine (C=N–C) groups is 1. The van der Waals surface area contributed by atoms with Gasteiger partial charge in [-0.1, -0.05) is 33.6 Å². The van der Waals surface area contributed by atoms with Crippen LogP contribution in [0.2, 0.25) is 0 Å². The molecular weight excluding hydrogens is 522 g/mol. The highest BCUT2D eigenvalue weighted by Gasteiger charge is 2.23. The monoisotopic (exact) mass is 533 g/mol. The second kappa shape index (κ2) is 9.14. The Morgan fingerprint density at radius 1 is 0.967 bits per heavy atom. The molecule has 0 saturated carbocycles. The van der Waals surface area contributed by atoms with Gasteiger partial charge in [-0.15, -0.1) is 0 Å². The standard InChI is InChI=1S/C20H13Br2N3O5/c1-12-2-4-15(5-3-12)23-11-13-8-14(21)9-17(22)20(13)30-19-7-6-16(24(26)27)10-18(19)25(28)29/h2-11H,1H3. The maximum atomic E-state index is 11.4. The first-order chi connectivity index (χ1) is 14.2. The van der Waals surface area contributed by atoms with Gasteiger partial charge < -0.3 is 4.74 Å². The SMILES string of the molecule is Cc1ccc(N=Cc2cc(Br)cc(Br)c2Oc2ccc([N+](=O)[O-])cc2[N+](=O)[O-])cc1. The van der Waals surface area contributed by atoms with Crippen LogP contribution in [0.3, 0.4) is 0 Å². The lowest BCUT2D eigenvalue weighted by Crippen LogP contribution is -1.98. The van der Waals surface area contributed by atoms with Crippen LogP contribution >= 0.6 is 31.9 Å². The van der Waals surface area contributed by atoms with Crippen LogP contribution < -0.4 is 4.74 Å². The fourth-order valence-corrected chi connectivity index (χ4v) is 3.86. The highest BCUT2D eigenvalue weighted by Crippen LogP contribution is 2.40. The maximum Gasteiger partial charge on any atom is 0.318 e. The number of nitro benzene ring substituents is 2. The van der Waals surface area contributed by atoms with E-state index in [9.17, 15) is 20.2 Å².